The van der Waals surface area contributed by atoms with Crippen LogP contribution in [-0.2, 0) is 13.1 Å². The van der Waals surface area contributed by atoms with Crippen molar-refractivity contribution in [2.75, 3.05) is 17.2 Å². The molecule has 30 heavy (non-hydrogen) atoms. The highest BCUT2D eigenvalue weighted by Crippen LogP contribution is 2.21. The van der Waals surface area contributed by atoms with Crippen LogP contribution in [0.5, 0.6) is 0 Å². The van der Waals surface area contributed by atoms with E-state index in [4.69, 9.17) is 5.73 Å². The fourth-order valence-corrected chi connectivity index (χ4v) is 3.49. The highest BCUT2D eigenvalue weighted by Gasteiger charge is 2.20. The van der Waals surface area contributed by atoms with E-state index in [1.54, 1.807) is 10.9 Å². The summed E-state index contributed by atoms with van der Waals surface area (Å²) in [6.45, 7) is 7.86. The molecule has 3 rings (SSSR count). The van der Waals surface area contributed by atoms with Crippen LogP contribution in [0, 0.1) is 5.92 Å². The van der Waals surface area contributed by atoms with Crippen LogP contribution < -0.4 is 21.9 Å². The van der Waals surface area contributed by atoms with E-state index in [0.717, 1.165) is 24.1 Å². The third kappa shape index (κ3) is 4.82. The van der Waals surface area contributed by atoms with Gasteiger partial charge in [0.25, 0.3) is 5.56 Å². The van der Waals surface area contributed by atoms with Crippen molar-refractivity contribution < 1.29 is 0 Å². The number of benzene rings is 1. The van der Waals surface area contributed by atoms with E-state index in [0.29, 0.717) is 31.2 Å². The number of nitrogens with one attached hydrogen (secondary N) is 1. The lowest BCUT2D eigenvalue weighted by Crippen LogP contribution is -2.39. The van der Waals surface area contributed by atoms with Crippen molar-refractivity contribution >= 4 is 11.5 Å². The zero-order valence-corrected chi connectivity index (χ0v) is 17.8. The number of H-pyrrole nitrogens is 1. The Bertz CT molecular complexity index is 1060. The van der Waals surface area contributed by atoms with Gasteiger partial charge >= 0.3 is 5.69 Å². The van der Waals surface area contributed by atoms with E-state index in [1.165, 1.54) is 4.57 Å². The number of aromatic nitrogens is 4. The number of rotatable bonds is 9. The minimum Gasteiger partial charge on any atom is -0.383 e. The van der Waals surface area contributed by atoms with E-state index in [9.17, 15) is 9.59 Å². The highest BCUT2D eigenvalue weighted by atomic mass is 16.2. The Morgan fingerprint density at radius 3 is 2.53 bits per heavy atom. The molecule has 8 heteroatoms. The average Bonchev–Trinajstić information content (AvgIpc) is 3.22. The smallest absolute Gasteiger partial charge is 0.330 e. The van der Waals surface area contributed by atoms with Crippen molar-refractivity contribution in [3.05, 3.63) is 69.1 Å². The largest absolute Gasteiger partial charge is 0.383 e. The SMILES string of the molecule is CCCCn1c(N)c(N(Cc2ccc(-n3cccn3)cc2)CC(C)C)c(=O)[nH]c1=O. The molecule has 0 spiro atoms. The van der Waals surface area contributed by atoms with Gasteiger partial charge in [0.2, 0.25) is 0 Å². The molecule has 3 aromatic rings. The van der Waals surface area contributed by atoms with E-state index < -0.39 is 11.2 Å². The Balaban J connectivity index is 1.95. The van der Waals surface area contributed by atoms with Gasteiger partial charge in [-0.2, -0.15) is 5.10 Å². The van der Waals surface area contributed by atoms with Crippen molar-refractivity contribution in [1.82, 2.24) is 19.3 Å². The zero-order chi connectivity index (χ0) is 21.7. The van der Waals surface area contributed by atoms with Crippen LogP contribution in [0.2, 0.25) is 0 Å². The lowest BCUT2D eigenvalue weighted by Gasteiger charge is -2.28. The molecular formula is C22H30N6O2. The highest BCUT2D eigenvalue weighted by molar-refractivity contribution is 5.62. The molecule has 2 heterocycles. The molecule has 1 aromatic carbocycles. The summed E-state index contributed by atoms with van der Waals surface area (Å²) in [6.07, 6.45) is 5.37. The summed E-state index contributed by atoms with van der Waals surface area (Å²) in [5.41, 5.74) is 7.79. The molecule has 0 aliphatic carbocycles. The van der Waals surface area contributed by atoms with Crippen molar-refractivity contribution in [2.24, 2.45) is 5.92 Å². The first-order chi connectivity index (χ1) is 14.4. The molecule has 0 amide bonds. The van der Waals surface area contributed by atoms with Gasteiger partial charge in [0.1, 0.15) is 11.5 Å². The van der Waals surface area contributed by atoms with Crippen molar-refractivity contribution in [3.8, 4) is 5.69 Å². The molecule has 0 aliphatic rings. The standard InChI is InChI=1S/C22H30N6O2/c1-4-5-12-27-20(23)19(21(29)25-22(27)30)26(14-16(2)3)15-17-7-9-18(10-8-17)28-13-6-11-24-28/h6-11,13,16H,4-5,12,14-15,23H2,1-3H3,(H,25,29,30). The number of unbranched alkanes of at least 4 members (excludes halogenated alkanes) is 1. The van der Waals surface area contributed by atoms with E-state index >= 15 is 0 Å². The quantitative estimate of drug-likeness (QED) is 0.565. The number of hydrogen-bond donors (Lipinski definition) is 2. The molecule has 0 aliphatic heterocycles. The van der Waals surface area contributed by atoms with Crippen LogP contribution in [-0.4, -0.2) is 25.9 Å². The number of hydrogen-bond acceptors (Lipinski definition) is 5. The van der Waals surface area contributed by atoms with Crippen LogP contribution in [0.3, 0.4) is 0 Å². The van der Waals surface area contributed by atoms with Crippen LogP contribution in [0.25, 0.3) is 5.69 Å². The van der Waals surface area contributed by atoms with Crippen LogP contribution in [0.4, 0.5) is 11.5 Å². The summed E-state index contributed by atoms with van der Waals surface area (Å²) >= 11 is 0. The lowest BCUT2D eigenvalue weighted by molar-refractivity contribution is 0.586. The lowest BCUT2D eigenvalue weighted by atomic mass is 10.1. The average molecular weight is 411 g/mol. The third-order valence-electron chi connectivity index (χ3n) is 4.93. The summed E-state index contributed by atoms with van der Waals surface area (Å²) in [4.78, 5) is 29.4. The summed E-state index contributed by atoms with van der Waals surface area (Å²) in [5, 5.41) is 4.24. The second kappa shape index (κ2) is 9.47. The van der Waals surface area contributed by atoms with Gasteiger partial charge in [-0.3, -0.25) is 14.3 Å². The first-order valence-electron chi connectivity index (χ1n) is 10.4. The van der Waals surface area contributed by atoms with Gasteiger partial charge in [0, 0.05) is 32.0 Å². The van der Waals surface area contributed by atoms with Gasteiger partial charge in [0.05, 0.1) is 5.69 Å². The number of aromatic amines is 1. The van der Waals surface area contributed by atoms with E-state index in [-0.39, 0.29) is 5.82 Å². The van der Waals surface area contributed by atoms with Crippen molar-refractivity contribution in [1.29, 1.82) is 0 Å². The van der Waals surface area contributed by atoms with Gasteiger partial charge in [-0.05, 0) is 36.1 Å². The first kappa shape index (κ1) is 21.4. The predicted octanol–water partition coefficient (Wildman–Crippen LogP) is 2.77. The van der Waals surface area contributed by atoms with E-state index in [2.05, 4.69) is 23.9 Å². The fourth-order valence-electron chi connectivity index (χ4n) is 3.49. The fraction of sp³-hybridized carbons (Fsp3) is 0.409. The summed E-state index contributed by atoms with van der Waals surface area (Å²) < 4.78 is 3.26. The Kier molecular flexibility index (Phi) is 6.76. The van der Waals surface area contributed by atoms with Gasteiger partial charge in [-0.15, -0.1) is 0 Å². The molecule has 0 atom stereocenters. The van der Waals surface area contributed by atoms with Crippen LogP contribution in [0.1, 0.15) is 39.2 Å². The Labute approximate surface area is 176 Å². The second-order valence-electron chi connectivity index (χ2n) is 7.89. The number of nitrogen functional groups attached to an aromatic ring is 1. The summed E-state index contributed by atoms with van der Waals surface area (Å²) in [6, 6.07) is 9.89. The van der Waals surface area contributed by atoms with Crippen molar-refractivity contribution in [3.63, 3.8) is 0 Å². The normalized spacial score (nSPS) is 11.2. The van der Waals surface area contributed by atoms with Crippen LogP contribution >= 0.6 is 0 Å². The number of nitrogens with two attached hydrogens (primary N) is 1. The molecule has 2 aromatic heterocycles. The minimum absolute atomic E-state index is 0.228. The maximum atomic E-state index is 12.7. The van der Waals surface area contributed by atoms with Crippen molar-refractivity contribution in [2.45, 2.75) is 46.7 Å². The molecule has 0 fully saturated rings. The summed E-state index contributed by atoms with van der Waals surface area (Å²) in [7, 11) is 0. The van der Waals surface area contributed by atoms with Gasteiger partial charge < -0.3 is 10.6 Å². The zero-order valence-electron chi connectivity index (χ0n) is 17.8. The first-order valence-corrected chi connectivity index (χ1v) is 10.4. The number of nitrogens with zero attached hydrogens (tertiary/aromatic N) is 4. The Hall–Kier alpha value is -3.29. The Morgan fingerprint density at radius 2 is 1.93 bits per heavy atom. The predicted molar refractivity (Wildman–Crippen MR) is 120 cm³/mol. The molecule has 0 bridgehead atoms. The molecular weight excluding hydrogens is 380 g/mol. The molecule has 3 N–H and O–H groups in total. The molecule has 0 saturated heterocycles. The van der Waals surface area contributed by atoms with Gasteiger partial charge in [-0.25, -0.2) is 9.48 Å². The third-order valence-corrected chi connectivity index (χ3v) is 4.93. The molecule has 8 nitrogen and oxygen atoms in total. The molecule has 0 radical (unpaired) electrons. The van der Waals surface area contributed by atoms with E-state index in [1.807, 2.05) is 48.4 Å². The maximum Gasteiger partial charge on any atom is 0.330 e. The molecule has 0 unspecified atom stereocenters. The van der Waals surface area contributed by atoms with Gasteiger partial charge in [-0.1, -0.05) is 39.3 Å². The molecule has 160 valence electrons. The number of anilines is 2. The van der Waals surface area contributed by atoms with Crippen LogP contribution in [0.15, 0.2) is 52.3 Å². The van der Waals surface area contributed by atoms with Gasteiger partial charge in [0.15, 0.2) is 0 Å². The minimum atomic E-state index is -0.456. The molecule has 0 saturated carbocycles. The monoisotopic (exact) mass is 410 g/mol. The summed E-state index contributed by atoms with van der Waals surface area (Å²) in [5.74, 6) is 0.536. The Morgan fingerprint density at radius 1 is 1.20 bits per heavy atom. The maximum absolute atomic E-state index is 12.7. The topological polar surface area (TPSA) is 102 Å². The second-order valence-corrected chi connectivity index (χ2v) is 7.89.